The van der Waals surface area contributed by atoms with E-state index in [1.165, 1.54) is 0 Å². The summed E-state index contributed by atoms with van der Waals surface area (Å²) >= 11 is 5.37. The Morgan fingerprint density at radius 1 is 1.56 bits per heavy atom. The minimum absolute atomic E-state index is 0.284. The third kappa shape index (κ3) is 2.88. The Kier molecular flexibility index (Phi) is 4.17. The Labute approximate surface area is 95.1 Å². The lowest BCUT2D eigenvalue weighted by atomic mass is 10.0. The van der Waals surface area contributed by atoms with Crippen LogP contribution in [0.2, 0.25) is 5.15 Å². The van der Waals surface area contributed by atoms with Gasteiger partial charge < -0.3 is 15.3 Å². The molecular weight excluding hydrogens is 241 g/mol. The Bertz CT molecular complexity index is 401. The van der Waals surface area contributed by atoms with Crippen LogP contribution in [0.25, 0.3) is 0 Å². The number of nitrogens with zero attached hydrogens (tertiary/aromatic N) is 1. The predicted octanol–water partition coefficient (Wildman–Crippen LogP) is 0.743. The molecule has 0 spiro atoms. The van der Waals surface area contributed by atoms with Crippen molar-refractivity contribution in [2.75, 3.05) is 0 Å². The van der Waals surface area contributed by atoms with Crippen LogP contribution >= 0.6 is 11.6 Å². The first-order valence-electron chi connectivity index (χ1n) is 4.31. The van der Waals surface area contributed by atoms with Crippen LogP contribution in [0.3, 0.4) is 0 Å². The van der Waals surface area contributed by atoms with Crippen molar-refractivity contribution in [3.63, 3.8) is 0 Å². The van der Waals surface area contributed by atoms with Crippen molar-refractivity contribution in [2.24, 2.45) is 0 Å². The number of halogens is 2. The van der Waals surface area contributed by atoms with E-state index < -0.39 is 35.6 Å². The fourth-order valence-corrected chi connectivity index (χ4v) is 1.32. The maximum atomic E-state index is 13.3. The molecule has 0 aliphatic carbocycles. The van der Waals surface area contributed by atoms with E-state index in [0.717, 1.165) is 12.3 Å². The number of hydrogen-bond acceptors (Lipinski definition) is 4. The van der Waals surface area contributed by atoms with Crippen LogP contribution < -0.4 is 0 Å². The summed E-state index contributed by atoms with van der Waals surface area (Å²) in [4.78, 5) is 13.7. The molecule has 2 unspecified atom stereocenters. The van der Waals surface area contributed by atoms with Gasteiger partial charge in [-0.15, -0.1) is 0 Å². The molecule has 5 nitrogen and oxygen atoms in total. The Balaban J connectivity index is 2.91. The van der Waals surface area contributed by atoms with Gasteiger partial charge in [-0.2, -0.15) is 0 Å². The van der Waals surface area contributed by atoms with E-state index in [-0.39, 0.29) is 5.56 Å². The molecule has 0 radical (unpaired) electrons. The van der Waals surface area contributed by atoms with Crippen molar-refractivity contribution in [3.8, 4) is 0 Å². The van der Waals surface area contributed by atoms with E-state index in [2.05, 4.69) is 4.98 Å². The number of carbonyl (C=O) groups is 1. The van der Waals surface area contributed by atoms with Crippen LogP contribution in [0, 0.1) is 5.82 Å². The van der Waals surface area contributed by atoms with Gasteiger partial charge in [-0.05, 0) is 6.07 Å². The standard InChI is InChI=1S/C9H9ClFNO4/c10-9-7(11)4(1-2-12-9)8(16)5(13)3-6(14)15/h1-2,5,8,13,16H,3H2,(H,14,15). The van der Waals surface area contributed by atoms with Crippen LogP contribution in [0.5, 0.6) is 0 Å². The van der Waals surface area contributed by atoms with E-state index in [4.69, 9.17) is 16.7 Å². The van der Waals surface area contributed by atoms with Crippen LogP contribution in [0.1, 0.15) is 18.1 Å². The van der Waals surface area contributed by atoms with Crippen molar-refractivity contribution in [2.45, 2.75) is 18.6 Å². The number of aliphatic carboxylic acids is 1. The first kappa shape index (κ1) is 12.8. The molecule has 2 atom stereocenters. The summed E-state index contributed by atoms with van der Waals surface area (Å²) in [5, 5.41) is 26.8. The van der Waals surface area contributed by atoms with Crippen LogP contribution in [0.4, 0.5) is 4.39 Å². The first-order chi connectivity index (χ1) is 7.43. The zero-order valence-electron chi connectivity index (χ0n) is 7.97. The smallest absolute Gasteiger partial charge is 0.306 e. The summed E-state index contributed by atoms with van der Waals surface area (Å²) in [5.41, 5.74) is -0.284. The highest BCUT2D eigenvalue weighted by atomic mass is 35.5. The van der Waals surface area contributed by atoms with Gasteiger partial charge in [0.05, 0.1) is 12.5 Å². The summed E-state index contributed by atoms with van der Waals surface area (Å²) in [6.45, 7) is 0. The average Bonchev–Trinajstić information content (AvgIpc) is 2.20. The van der Waals surface area contributed by atoms with Crippen molar-refractivity contribution in [1.82, 2.24) is 4.98 Å². The summed E-state index contributed by atoms with van der Waals surface area (Å²) in [5.74, 6) is -2.27. The quantitative estimate of drug-likeness (QED) is 0.685. The second-order valence-corrected chi connectivity index (χ2v) is 3.47. The molecular formula is C9H9ClFNO4. The third-order valence-corrected chi connectivity index (χ3v) is 2.21. The topological polar surface area (TPSA) is 90.7 Å². The molecule has 0 aromatic carbocycles. The molecule has 1 heterocycles. The number of rotatable bonds is 4. The highest BCUT2D eigenvalue weighted by molar-refractivity contribution is 6.29. The van der Waals surface area contributed by atoms with Crippen LogP contribution in [-0.2, 0) is 4.79 Å². The maximum Gasteiger partial charge on any atom is 0.306 e. The van der Waals surface area contributed by atoms with Crippen molar-refractivity contribution in [1.29, 1.82) is 0 Å². The van der Waals surface area contributed by atoms with Crippen LogP contribution in [0.15, 0.2) is 12.3 Å². The molecule has 0 bridgehead atoms. The molecule has 3 N–H and O–H groups in total. The highest BCUT2D eigenvalue weighted by Crippen LogP contribution is 2.24. The lowest BCUT2D eigenvalue weighted by Gasteiger charge is -2.16. The number of hydrogen-bond donors (Lipinski definition) is 3. The van der Waals surface area contributed by atoms with E-state index in [9.17, 15) is 19.4 Å². The zero-order valence-corrected chi connectivity index (χ0v) is 8.73. The summed E-state index contributed by atoms with van der Waals surface area (Å²) < 4.78 is 13.3. The molecule has 0 fully saturated rings. The highest BCUT2D eigenvalue weighted by Gasteiger charge is 2.24. The monoisotopic (exact) mass is 249 g/mol. The molecule has 0 aliphatic heterocycles. The largest absolute Gasteiger partial charge is 0.481 e. The minimum atomic E-state index is -1.66. The number of pyridine rings is 1. The van der Waals surface area contributed by atoms with E-state index >= 15 is 0 Å². The average molecular weight is 250 g/mol. The number of aromatic nitrogens is 1. The van der Waals surface area contributed by atoms with Gasteiger partial charge in [0.2, 0.25) is 0 Å². The van der Waals surface area contributed by atoms with Gasteiger partial charge >= 0.3 is 5.97 Å². The van der Waals surface area contributed by atoms with Crippen LogP contribution in [-0.4, -0.2) is 32.4 Å². The third-order valence-electron chi connectivity index (χ3n) is 1.94. The summed E-state index contributed by atoms with van der Waals surface area (Å²) in [6.07, 6.45) is -2.81. The lowest BCUT2D eigenvalue weighted by Crippen LogP contribution is -2.22. The van der Waals surface area contributed by atoms with Crippen molar-refractivity contribution in [3.05, 3.63) is 28.8 Å². The SMILES string of the molecule is O=C(O)CC(O)C(O)c1ccnc(Cl)c1F. The van der Waals surface area contributed by atoms with Gasteiger partial charge in [0.15, 0.2) is 11.0 Å². The van der Waals surface area contributed by atoms with Gasteiger partial charge in [-0.25, -0.2) is 9.37 Å². The molecule has 7 heteroatoms. The zero-order chi connectivity index (χ0) is 12.3. The molecule has 88 valence electrons. The van der Waals surface area contributed by atoms with Gasteiger partial charge in [-0.1, -0.05) is 11.6 Å². The van der Waals surface area contributed by atoms with Gasteiger partial charge in [0, 0.05) is 11.8 Å². The second-order valence-electron chi connectivity index (χ2n) is 3.12. The van der Waals surface area contributed by atoms with E-state index in [0.29, 0.717) is 0 Å². The summed E-state index contributed by atoms with van der Waals surface area (Å²) in [7, 11) is 0. The molecule has 0 amide bonds. The van der Waals surface area contributed by atoms with Crippen molar-refractivity contribution >= 4 is 17.6 Å². The fraction of sp³-hybridized carbons (Fsp3) is 0.333. The van der Waals surface area contributed by atoms with Gasteiger partial charge in [-0.3, -0.25) is 4.79 Å². The number of aliphatic hydroxyl groups excluding tert-OH is 2. The fourth-order valence-electron chi connectivity index (χ4n) is 1.16. The first-order valence-corrected chi connectivity index (χ1v) is 4.69. The normalized spacial score (nSPS) is 14.5. The molecule has 16 heavy (non-hydrogen) atoms. The van der Waals surface area contributed by atoms with E-state index in [1.54, 1.807) is 0 Å². The number of carboxylic acids is 1. The Morgan fingerprint density at radius 3 is 2.75 bits per heavy atom. The van der Waals surface area contributed by atoms with E-state index in [1.807, 2.05) is 0 Å². The Morgan fingerprint density at radius 2 is 2.19 bits per heavy atom. The Hall–Kier alpha value is -1.24. The second kappa shape index (κ2) is 5.20. The summed E-state index contributed by atoms with van der Waals surface area (Å²) in [6, 6.07) is 1.12. The van der Waals surface area contributed by atoms with Gasteiger partial charge in [0.1, 0.15) is 6.10 Å². The molecule has 1 aromatic rings. The molecule has 1 rings (SSSR count). The maximum absolute atomic E-state index is 13.3. The molecule has 0 aliphatic rings. The predicted molar refractivity (Wildman–Crippen MR) is 52.4 cm³/mol. The number of aliphatic hydroxyl groups is 2. The molecule has 0 saturated heterocycles. The van der Waals surface area contributed by atoms with Crippen molar-refractivity contribution < 1.29 is 24.5 Å². The number of carboxylic acid groups (broad SMARTS) is 1. The lowest BCUT2D eigenvalue weighted by molar-refractivity contribution is -0.141. The minimum Gasteiger partial charge on any atom is -0.481 e. The molecule has 1 aromatic heterocycles. The molecule has 0 saturated carbocycles. The van der Waals surface area contributed by atoms with Gasteiger partial charge in [0.25, 0.3) is 0 Å².